The molecule has 0 atom stereocenters. The molecule has 0 amide bonds. The average molecular weight is 343 g/mol. The highest BCUT2D eigenvalue weighted by Gasteiger charge is 2.19. The Balaban J connectivity index is 1.44. The fourth-order valence-electron chi connectivity index (χ4n) is 2.88. The molecule has 4 rings (SSSR count). The number of sulfonamides is 1. The summed E-state index contributed by atoms with van der Waals surface area (Å²) in [5.74, 6) is 1.54. The van der Waals surface area contributed by atoms with Crippen LogP contribution in [0, 0.1) is 0 Å². The van der Waals surface area contributed by atoms with E-state index in [0.717, 1.165) is 34.5 Å². The van der Waals surface area contributed by atoms with Crippen LogP contribution >= 0.6 is 0 Å². The van der Waals surface area contributed by atoms with Crippen LogP contribution in [-0.4, -0.2) is 21.6 Å². The Bertz CT molecular complexity index is 958. The molecule has 6 heteroatoms. The second kappa shape index (κ2) is 5.96. The Morgan fingerprint density at radius 3 is 2.83 bits per heavy atom. The zero-order valence-electron chi connectivity index (χ0n) is 13.0. The number of furan rings is 1. The van der Waals surface area contributed by atoms with Gasteiger partial charge in [0.2, 0.25) is 10.0 Å². The van der Waals surface area contributed by atoms with Crippen molar-refractivity contribution in [2.24, 2.45) is 0 Å². The topological polar surface area (TPSA) is 68.5 Å². The van der Waals surface area contributed by atoms with Gasteiger partial charge >= 0.3 is 0 Å². The smallest absolute Gasteiger partial charge is 0.240 e. The number of benzene rings is 2. The van der Waals surface area contributed by atoms with Crippen LogP contribution < -0.4 is 9.46 Å². The van der Waals surface area contributed by atoms with Crippen molar-refractivity contribution in [3.63, 3.8) is 0 Å². The molecule has 0 aliphatic carbocycles. The predicted molar refractivity (Wildman–Crippen MR) is 90.7 cm³/mol. The zero-order valence-corrected chi connectivity index (χ0v) is 13.8. The van der Waals surface area contributed by atoms with E-state index < -0.39 is 10.0 Å². The summed E-state index contributed by atoms with van der Waals surface area (Å²) in [6.45, 7) is 0.897. The maximum atomic E-state index is 12.4. The summed E-state index contributed by atoms with van der Waals surface area (Å²) in [7, 11) is -3.53. The summed E-state index contributed by atoms with van der Waals surface area (Å²) in [4.78, 5) is 0.274. The van der Waals surface area contributed by atoms with Crippen molar-refractivity contribution in [3.8, 4) is 5.75 Å². The van der Waals surface area contributed by atoms with Gasteiger partial charge in [-0.25, -0.2) is 13.1 Å². The lowest BCUT2D eigenvalue weighted by Gasteiger charge is -2.07. The van der Waals surface area contributed by atoms with Gasteiger partial charge in [-0.3, -0.25) is 0 Å². The molecule has 24 heavy (non-hydrogen) atoms. The lowest BCUT2D eigenvalue weighted by molar-refractivity contribution is 0.356. The number of fused-ring (bicyclic) bond motifs is 2. The van der Waals surface area contributed by atoms with Gasteiger partial charge in [-0.05, 0) is 35.9 Å². The summed E-state index contributed by atoms with van der Waals surface area (Å²) in [5.41, 5.74) is 1.75. The number of ether oxygens (including phenoxy) is 1. The molecule has 2 aromatic carbocycles. The second-order valence-corrected chi connectivity index (χ2v) is 7.53. The van der Waals surface area contributed by atoms with E-state index in [0.29, 0.717) is 13.0 Å². The maximum Gasteiger partial charge on any atom is 0.240 e. The third kappa shape index (κ3) is 2.90. The van der Waals surface area contributed by atoms with Crippen LogP contribution in [0.3, 0.4) is 0 Å². The third-order valence-electron chi connectivity index (χ3n) is 4.11. The minimum absolute atomic E-state index is 0.274. The molecule has 1 aliphatic heterocycles. The summed E-state index contributed by atoms with van der Waals surface area (Å²) < 4.78 is 38.6. The van der Waals surface area contributed by atoms with E-state index in [9.17, 15) is 8.42 Å². The van der Waals surface area contributed by atoms with Crippen molar-refractivity contribution >= 4 is 21.0 Å². The minimum Gasteiger partial charge on any atom is -0.493 e. The number of hydrogen-bond donors (Lipinski definition) is 1. The van der Waals surface area contributed by atoms with Crippen molar-refractivity contribution < 1.29 is 17.6 Å². The van der Waals surface area contributed by atoms with E-state index in [1.165, 1.54) is 0 Å². The summed E-state index contributed by atoms with van der Waals surface area (Å²) >= 11 is 0. The molecule has 0 saturated heterocycles. The van der Waals surface area contributed by atoms with Gasteiger partial charge in [0.1, 0.15) is 17.1 Å². The molecule has 0 spiro atoms. The lowest BCUT2D eigenvalue weighted by atomic mass is 10.2. The van der Waals surface area contributed by atoms with Gasteiger partial charge in [0, 0.05) is 24.8 Å². The van der Waals surface area contributed by atoms with Crippen molar-refractivity contribution in [2.75, 3.05) is 13.2 Å². The number of para-hydroxylation sites is 1. The van der Waals surface area contributed by atoms with E-state index in [2.05, 4.69) is 4.72 Å². The largest absolute Gasteiger partial charge is 0.493 e. The van der Waals surface area contributed by atoms with Crippen LogP contribution in [-0.2, 0) is 22.9 Å². The fraction of sp³-hybridized carbons (Fsp3) is 0.222. The van der Waals surface area contributed by atoms with Gasteiger partial charge in [-0.2, -0.15) is 0 Å². The average Bonchev–Trinajstić information content (AvgIpc) is 3.19. The van der Waals surface area contributed by atoms with Gasteiger partial charge in [0.15, 0.2) is 0 Å². The van der Waals surface area contributed by atoms with E-state index in [1.54, 1.807) is 18.2 Å². The van der Waals surface area contributed by atoms with Gasteiger partial charge in [0.05, 0.1) is 11.5 Å². The Hall–Kier alpha value is -2.31. The van der Waals surface area contributed by atoms with Crippen molar-refractivity contribution in [2.45, 2.75) is 17.7 Å². The first kappa shape index (κ1) is 15.2. The molecule has 2 heterocycles. The number of rotatable bonds is 5. The Labute approximate surface area is 140 Å². The molecule has 0 fully saturated rings. The number of nitrogens with one attached hydrogen (secondary N) is 1. The van der Waals surface area contributed by atoms with Crippen molar-refractivity contribution in [3.05, 3.63) is 59.9 Å². The van der Waals surface area contributed by atoms with E-state index in [4.69, 9.17) is 9.15 Å². The first-order valence-corrected chi connectivity index (χ1v) is 9.33. The minimum atomic E-state index is -3.53. The van der Waals surface area contributed by atoms with Crippen LogP contribution in [0.4, 0.5) is 0 Å². The molecule has 0 bridgehead atoms. The van der Waals surface area contributed by atoms with Gasteiger partial charge in [0.25, 0.3) is 0 Å². The van der Waals surface area contributed by atoms with Gasteiger partial charge < -0.3 is 9.15 Å². The van der Waals surface area contributed by atoms with Crippen LogP contribution in [0.15, 0.2) is 57.8 Å². The number of hydrogen-bond acceptors (Lipinski definition) is 4. The summed E-state index contributed by atoms with van der Waals surface area (Å²) in [5, 5.41) is 1.02. The monoisotopic (exact) mass is 343 g/mol. The van der Waals surface area contributed by atoms with Crippen LogP contribution in [0.25, 0.3) is 11.0 Å². The first-order chi connectivity index (χ1) is 11.6. The van der Waals surface area contributed by atoms with E-state index in [1.807, 2.05) is 30.3 Å². The standard InChI is InChI=1S/C18H17NO4S/c20-24(21,16-5-6-17-14(12-16)8-10-22-17)19-9-7-15-11-13-3-1-2-4-18(13)23-15/h1-6,11-12,19H,7-10H2. The molecule has 124 valence electrons. The first-order valence-electron chi connectivity index (χ1n) is 7.85. The van der Waals surface area contributed by atoms with Crippen LogP contribution in [0.5, 0.6) is 5.75 Å². The quantitative estimate of drug-likeness (QED) is 0.773. The van der Waals surface area contributed by atoms with Gasteiger partial charge in [-0.15, -0.1) is 0 Å². The predicted octanol–water partition coefficient (Wildman–Crippen LogP) is 2.89. The lowest BCUT2D eigenvalue weighted by Crippen LogP contribution is -2.26. The SMILES string of the molecule is O=S(=O)(NCCc1cc2ccccc2o1)c1ccc2c(c1)CCO2. The third-order valence-corrected chi connectivity index (χ3v) is 5.57. The maximum absolute atomic E-state index is 12.4. The Morgan fingerprint density at radius 2 is 1.96 bits per heavy atom. The molecule has 1 aliphatic rings. The molecule has 3 aromatic rings. The molecule has 0 saturated carbocycles. The molecule has 0 unspecified atom stereocenters. The van der Waals surface area contributed by atoms with Crippen LogP contribution in [0.1, 0.15) is 11.3 Å². The van der Waals surface area contributed by atoms with Crippen molar-refractivity contribution in [1.29, 1.82) is 0 Å². The van der Waals surface area contributed by atoms with Crippen LogP contribution in [0.2, 0.25) is 0 Å². The summed E-state index contributed by atoms with van der Waals surface area (Å²) in [6.07, 6.45) is 1.25. The molecule has 1 N–H and O–H groups in total. The van der Waals surface area contributed by atoms with E-state index >= 15 is 0 Å². The fourth-order valence-corrected chi connectivity index (χ4v) is 3.96. The Morgan fingerprint density at radius 1 is 1.08 bits per heavy atom. The normalized spacial score (nSPS) is 13.8. The second-order valence-electron chi connectivity index (χ2n) is 5.77. The summed E-state index contributed by atoms with van der Waals surface area (Å²) in [6, 6.07) is 14.7. The molecule has 0 radical (unpaired) electrons. The van der Waals surface area contributed by atoms with E-state index in [-0.39, 0.29) is 11.4 Å². The molecule has 5 nitrogen and oxygen atoms in total. The molecular weight excluding hydrogens is 326 g/mol. The Kier molecular flexibility index (Phi) is 3.78. The van der Waals surface area contributed by atoms with Gasteiger partial charge in [-0.1, -0.05) is 18.2 Å². The highest BCUT2D eigenvalue weighted by Crippen LogP contribution is 2.27. The molecule has 1 aromatic heterocycles. The molecular formula is C18H17NO4S. The van der Waals surface area contributed by atoms with Crippen molar-refractivity contribution in [1.82, 2.24) is 4.72 Å². The highest BCUT2D eigenvalue weighted by molar-refractivity contribution is 7.89. The highest BCUT2D eigenvalue weighted by atomic mass is 32.2. The zero-order chi connectivity index (χ0) is 16.6.